The zero-order valence-electron chi connectivity index (χ0n) is 18.7. The maximum absolute atomic E-state index is 13.8. The molecular formula is C21H28FN4O4PS. The molecule has 0 spiro atoms. The minimum atomic E-state index is -2.30. The predicted octanol–water partition coefficient (Wildman–Crippen LogP) is 4.14. The molecule has 2 amide bonds. The third-order valence-electron chi connectivity index (χ3n) is 4.96. The van der Waals surface area contributed by atoms with E-state index >= 15 is 0 Å². The molecule has 1 aromatic carbocycles. The van der Waals surface area contributed by atoms with Gasteiger partial charge in [0.25, 0.3) is 5.91 Å². The van der Waals surface area contributed by atoms with E-state index in [0.29, 0.717) is 35.0 Å². The molecule has 0 aliphatic carbocycles. The highest BCUT2D eigenvalue weighted by Crippen LogP contribution is 2.40. The Morgan fingerprint density at radius 2 is 2.06 bits per heavy atom. The molecule has 174 valence electrons. The summed E-state index contributed by atoms with van der Waals surface area (Å²) in [6.45, 7) is 7.16. The van der Waals surface area contributed by atoms with Crippen molar-refractivity contribution >= 4 is 42.1 Å². The van der Waals surface area contributed by atoms with Crippen LogP contribution < -0.4 is 4.74 Å². The Labute approximate surface area is 191 Å². The van der Waals surface area contributed by atoms with Crippen molar-refractivity contribution in [2.24, 2.45) is 4.99 Å². The Morgan fingerprint density at radius 3 is 2.75 bits per heavy atom. The summed E-state index contributed by atoms with van der Waals surface area (Å²) in [5, 5.41) is 4.45. The number of hydrazine groups is 1. The second-order valence-electron chi connectivity index (χ2n) is 8.15. The first-order valence-electron chi connectivity index (χ1n) is 10.4. The predicted molar refractivity (Wildman–Crippen MR) is 126 cm³/mol. The van der Waals surface area contributed by atoms with Gasteiger partial charge in [-0.1, -0.05) is 0 Å². The van der Waals surface area contributed by atoms with Gasteiger partial charge in [0.05, 0.1) is 18.3 Å². The van der Waals surface area contributed by atoms with Gasteiger partial charge in [0.15, 0.2) is 5.17 Å². The van der Waals surface area contributed by atoms with Gasteiger partial charge in [-0.3, -0.25) is 9.80 Å². The molecule has 0 aromatic heterocycles. The highest BCUT2D eigenvalue weighted by Gasteiger charge is 2.32. The molecule has 0 N–H and O–H groups in total. The molecule has 2 aliphatic rings. The summed E-state index contributed by atoms with van der Waals surface area (Å²) >= 11 is 1.20. The number of benzene rings is 1. The summed E-state index contributed by atoms with van der Waals surface area (Å²) in [5.41, 5.74) is 0.402. The Hall–Kier alpha value is -2.16. The first kappa shape index (κ1) is 24.5. The lowest BCUT2D eigenvalue weighted by atomic mass is 10.2. The van der Waals surface area contributed by atoms with Crippen LogP contribution in [0.5, 0.6) is 5.75 Å². The van der Waals surface area contributed by atoms with E-state index in [1.807, 2.05) is 10.0 Å². The largest absolute Gasteiger partial charge is 0.414 e. The monoisotopic (exact) mass is 482 g/mol. The van der Waals surface area contributed by atoms with Crippen LogP contribution in [0.4, 0.5) is 9.18 Å². The fraction of sp³-hybridized carbons (Fsp3) is 0.476. The molecule has 0 atom stereocenters. The highest BCUT2D eigenvalue weighted by atomic mass is 32.2. The summed E-state index contributed by atoms with van der Waals surface area (Å²) in [5.74, 6) is -0.940. The standard InChI is InChI=1S/C21H28FN4O4PS/c1-5-24(2)21(28)30-17-13-16(22)9-8-15(17)12-18-19(27)23-20(32-18)26-11-7-6-10-25(26)14-31(3,4)29/h8-9,12-13H,5-7,10-11,14H2,1-4H3/b18-12-. The summed E-state index contributed by atoms with van der Waals surface area (Å²) in [6, 6.07) is 3.82. The Morgan fingerprint density at radius 1 is 1.34 bits per heavy atom. The number of thioether (sulfide) groups is 1. The van der Waals surface area contributed by atoms with E-state index in [1.165, 1.54) is 28.8 Å². The second kappa shape index (κ2) is 10.2. The van der Waals surface area contributed by atoms with Gasteiger partial charge in [-0.2, -0.15) is 4.99 Å². The van der Waals surface area contributed by atoms with Crippen LogP contribution in [0.15, 0.2) is 28.1 Å². The van der Waals surface area contributed by atoms with Crippen molar-refractivity contribution in [2.45, 2.75) is 19.8 Å². The molecule has 32 heavy (non-hydrogen) atoms. The van der Waals surface area contributed by atoms with Gasteiger partial charge in [-0.25, -0.2) is 14.2 Å². The fourth-order valence-electron chi connectivity index (χ4n) is 3.24. The summed E-state index contributed by atoms with van der Waals surface area (Å²) in [4.78, 5) is 30.6. The lowest BCUT2D eigenvalue weighted by Gasteiger charge is -2.40. The van der Waals surface area contributed by atoms with Gasteiger partial charge >= 0.3 is 6.09 Å². The lowest BCUT2D eigenvalue weighted by Crippen LogP contribution is -2.49. The molecule has 1 saturated heterocycles. The second-order valence-corrected chi connectivity index (χ2v) is 12.6. The van der Waals surface area contributed by atoms with Crippen LogP contribution >= 0.6 is 18.9 Å². The molecule has 11 heteroatoms. The number of nitrogens with zero attached hydrogens (tertiary/aromatic N) is 4. The van der Waals surface area contributed by atoms with Crippen molar-refractivity contribution in [2.75, 3.05) is 46.3 Å². The Balaban J connectivity index is 1.82. The Kier molecular flexibility index (Phi) is 7.79. The zero-order valence-corrected chi connectivity index (χ0v) is 20.4. The number of amidine groups is 1. The van der Waals surface area contributed by atoms with Crippen molar-refractivity contribution < 1.29 is 23.3 Å². The number of amides is 2. The molecule has 0 unspecified atom stereocenters. The maximum Gasteiger partial charge on any atom is 0.414 e. The maximum atomic E-state index is 13.8. The van der Waals surface area contributed by atoms with Crippen molar-refractivity contribution in [3.63, 3.8) is 0 Å². The highest BCUT2D eigenvalue weighted by molar-refractivity contribution is 8.18. The van der Waals surface area contributed by atoms with Crippen LogP contribution in [-0.2, 0) is 9.36 Å². The first-order chi connectivity index (χ1) is 15.1. The van der Waals surface area contributed by atoms with Crippen LogP contribution in [0.1, 0.15) is 25.3 Å². The molecule has 0 radical (unpaired) electrons. The first-order valence-corrected chi connectivity index (χ1v) is 14.0. The van der Waals surface area contributed by atoms with Crippen molar-refractivity contribution in [3.8, 4) is 5.75 Å². The summed E-state index contributed by atoms with van der Waals surface area (Å²) in [7, 11) is -0.725. The van der Waals surface area contributed by atoms with E-state index in [9.17, 15) is 18.5 Å². The van der Waals surface area contributed by atoms with Gasteiger partial charge in [0.2, 0.25) is 0 Å². The number of carbonyl (C=O) groups is 2. The third-order valence-corrected chi connectivity index (χ3v) is 6.96. The number of aliphatic imine (C=N–C) groups is 1. The van der Waals surface area contributed by atoms with Gasteiger partial charge in [-0.05, 0) is 63.1 Å². The van der Waals surface area contributed by atoms with E-state index in [-0.39, 0.29) is 5.75 Å². The third kappa shape index (κ3) is 6.21. The number of ether oxygens (including phenoxy) is 1. The number of halogens is 1. The minimum Gasteiger partial charge on any atom is -0.409 e. The lowest BCUT2D eigenvalue weighted by molar-refractivity contribution is -0.113. The molecule has 1 aromatic rings. The van der Waals surface area contributed by atoms with E-state index in [4.69, 9.17) is 4.74 Å². The summed E-state index contributed by atoms with van der Waals surface area (Å²) < 4.78 is 31.5. The molecule has 2 aliphatic heterocycles. The van der Waals surface area contributed by atoms with Crippen LogP contribution in [0, 0.1) is 5.82 Å². The number of carbonyl (C=O) groups excluding carboxylic acids is 2. The summed E-state index contributed by atoms with van der Waals surface area (Å²) in [6.07, 6.45) is 3.29. The van der Waals surface area contributed by atoms with Crippen LogP contribution in [0.2, 0.25) is 0 Å². The zero-order chi connectivity index (χ0) is 23.5. The van der Waals surface area contributed by atoms with Crippen LogP contribution in [-0.4, -0.2) is 78.4 Å². The number of hydrogen-bond acceptors (Lipinski definition) is 7. The SMILES string of the molecule is CCN(C)C(=O)Oc1cc(F)ccc1/C=C1\SC(N2CCCCN2CP(C)(C)=O)=NC1=O. The number of hydrogen-bond donors (Lipinski definition) is 0. The van der Waals surface area contributed by atoms with E-state index in [1.54, 1.807) is 33.4 Å². The van der Waals surface area contributed by atoms with Crippen molar-refractivity contribution in [1.82, 2.24) is 14.9 Å². The van der Waals surface area contributed by atoms with E-state index in [0.717, 1.165) is 25.5 Å². The van der Waals surface area contributed by atoms with Crippen LogP contribution in [0.3, 0.4) is 0 Å². The minimum absolute atomic E-state index is 0.0298. The fourth-order valence-corrected chi connectivity index (χ4v) is 5.28. The molecule has 8 nitrogen and oxygen atoms in total. The quantitative estimate of drug-likeness (QED) is 0.461. The normalized spacial score (nSPS) is 18.8. The molecule has 2 heterocycles. The van der Waals surface area contributed by atoms with Crippen molar-refractivity contribution in [3.05, 3.63) is 34.5 Å². The molecule has 0 bridgehead atoms. The van der Waals surface area contributed by atoms with E-state index in [2.05, 4.69) is 4.99 Å². The molecular weight excluding hydrogens is 454 g/mol. The topological polar surface area (TPSA) is 82.5 Å². The van der Waals surface area contributed by atoms with E-state index < -0.39 is 25.0 Å². The van der Waals surface area contributed by atoms with Crippen molar-refractivity contribution in [1.29, 1.82) is 0 Å². The van der Waals surface area contributed by atoms with Gasteiger partial charge in [-0.15, -0.1) is 0 Å². The molecule has 0 saturated carbocycles. The average Bonchev–Trinajstić information content (AvgIpc) is 3.08. The average molecular weight is 483 g/mol. The smallest absolute Gasteiger partial charge is 0.409 e. The van der Waals surface area contributed by atoms with Gasteiger partial charge in [0, 0.05) is 38.3 Å². The molecule has 3 rings (SSSR count). The van der Waals surface area contributed by atoms with Gasteiger partial charge < -0.3 is 14.2 Å². The van der Waals surface area contributed by atoms with Gasteiger partial charge in [0.1, 0.15) is 11.6 Å². The molecule has 1 fully saturated rings. The Bertz CT molecular complexity index is 1010. The number of rotatable bonds is 5. The van der Waals surface area contributed by atoms with Crippen LogP contribution in [0.25, 0.3) is 6.08 Å².